The lowest BCUT2D eigenvalue weighted by Crippen LogP contribution is -2.61. The number of thioether (sulfide) groups is 1. The first-order valence-electron chi connectivity index (χ1n) is 8.48. The summed E-state index contributed by atoms with van der Waals surface area (Å²) in [6.45, 7) is -0.123. The summed E-state index contributed by atoms with van der Waals surface area (Å²) in [6.07, 6.45) is -11.0. The third kappa shape index (κ3) is 3.83. The number of hydrogen-bond acceptors (Lipinski definition) is 11. The van der Waals surface area contributed by atoms with Gasteiger partial charge in [0.1, 0.15) is 48.1 Å². The van der Waals surface area contributed by atoms with Crippen LogP contribution in [-0.2, 0) is 23.7 Å². The van der Waals surface area contributed by atoms with Crippen molar-refractivity contribution in [2.75, 3.05) is 26.5 Å². The average molecular weight is 411 g/mol. The van der Waals surface area contributed by atoms with E-state index in [1.807, 2.05) is 0 Å². The standard InChI is InChI=1S/C15H25NO10S/c1-23-14-10(21)8(19)7(18)5(25-14)3-16-6(17)4-27-13(16)12-9(20)11(22)15(24-2)26-12/h5,7-15,18-22H,3-4H2,1-2H3/t5-,7-,8+,9+,10-,11-,12+,13?,14+,15-/m1/s1. The normalized spacial score (nSPS) is 48.4. The van der Waals surface area contributed by atoms with Gasteiger partial charge in [0.05, 0.1) is 12.3 Å². The molecule has 11 nitrogen and oxygen atoms in total. The smallest absolute Gasteiger partial charge is 0.233 e. The zero-order valence-electron chi connectivity index (χ0n) is 14.8. The molecule has 3 heterocycles. The van der Waals surface area contributed by atoms with Crippen molar-refractivity contribution in [3.8, 4) is 0 Å². The predicted molar refractivity (Wildman–Crippen MR) is 89.3 cm³/mol. The van der Waals surface area contributed by atoms with E-state index in [0.717, 1.165) is 0 Å². The number of amides is 1. The quantitative estimate of drug-likeness (QED) is 0.305. The highest BCUT2D eigenvalue weighted by atomic mass is 32.2. The molecule has 0 aromatic carbocycles. The molecule has 0 spiro atoms. The third-order valence-electron chi connectivity index (χ3n) is 5.05. The molecular weight excluding hydrogens is 386 g/mol. The number of carbonyl (C=O) groups is 1. The summed E-state index contributed by atoms with van der Waals surface area (Å²) >= 11 is 1.22. The van der Waals surface area contributed by atoms with Crippen LogP contribution < -0.4 is 0 Å². The molecule has 0 radical (unpaired) electrons. The molecule has 1 unspecified atom stereocenters. The van der Waals surface area contributed by atoms with Gasteiger partial charge in [-0.05, 0) is 0 Å². The molecule has 156 valence electrons. The molecule has 3 aliphatic rings. The van der Waals surface area contributed by atoms with E-state index < -0.39 is 60.7 Å². The van der Waals surface area contributed by atoms with Gasteiger partial charge in [-0.1, -0.05) is 0 Å². The van der Waals surface area contributed by atoms with E-state index in [0.29, 0.717) is 0 Å². The lowest BCUT2D eigenvalue weighted by Gasteiger charge is -2.42. The van der Waals surface area contributed by atoms with Gasteiger partial charge in [-0.25, -0.2) is 0 Å². The lowest BCUT2D eigenvalue weighted by atomic mass is 9.98. The number of carbonyl (C=O) groups excluding carboxylic acids is 1. The molecule has 0 bridgehead atoms. The van der Waals surface area contributed by atoms with E-state index in [4.69, 9.17) is 18.9 Å². The molecule has 0 aromatic rings. The van der Waals surface area contributed by atoms with Crippen LogP contribution in [0.2, 0.25) is 0 Å². The second kappa shape index (κ2) is 8.45. The van der Waals surface area contributed by atoms with Crippen LogP contribution in [0.25, 0.3) is 0 Å². The summed E-state index contributed by atoms with van der Waals surface area (Å²) in [6, 6.07) is 0. The van der Waals surface area contributed by atoms with Gasteiger partial charge in [0.25, 0.3) is 0 Å². The number of aliphatic hydroxyl groups is 5. The fourth-order valence-electron chi connectivity index (χ4n) is 3.51. The number of hydrogen-bond donors (Lipinski definition) is 5. The highest BCUT2D eigenvalue weighted by molar-refractivity contribution is 8.01. The van der Waals surface area contributed by atoms with E-state index >= 15 is 0 Å². The molecule has 1 amide bonds. The number of nitrogens with zero attached hydrogens (tertiary/aromatic N) is 1. The molecule has 3 aliphatic heterocycles. The highest BCUT2D eigenvalue weighted by Gasteiger charge is 2.52. The van der Waals surface area contributed by atoms with Crippen molar-refractivity contribution in [1.82, 2.24) is 4.90 Å². The van der Waals surface area contributed by atoms with Crippen molar-refractivity contribution in [1.29, 1.82) is 0 Å². The van der Waals surface area contributed by atoms with Crippen LogP contribution in [0.1, 0.15) is 0 Å². The Balaban J connectivity index is 1.73. The lowest BCUT2D eigenvalue weighted by molar-refractivity contribution is -0.291. The van der Waals surface area contributed by atoms with Crippen LogP contribution in [0.5, 0.6) is 0 Å². The molecule has 10 atom stereocenters. The fourth-order valence-corrected chi connectivity index (χ4v) is 4.79. The molecule has 27 heavy (non-hydrogen) atoms. The summed E-state index contributed by atoms with van der Waals surface area (Å²) < 4.78 is 21.0. The number of aliphatic hydroxyl groups excluding tert-OH is 5. The summed E-state index contributed by atoms with van der Waals surface area (Å²) in [4.78, 5) is 13.7. The van der Waals surface area contributed by atoms with E-state index in [-0.39, 0.29) is 18.2 Å². The minimum Gasteiger partial charge on any atom is -0.388 e. The Morgan fingerprint density at radius 1 is 0.963 bits per heavy atom. The molecule has 0 saturated carbocycles. The number of ether oxygens (including phenoxy) is 4. The van der Waals surface area contributed by atoms with Gasteiger partial charge in [-0.15, -0.1) is 11.8 Å². The number of rotatable bonds is 5. The first-order chi connectivity index (χ1) is 12.8. The van der Waals surface area contributed by atoms with E-state index in [9.17, 15) is 30.3 Å². The summed E-state index contributed by atoms with van der Waals surface area (Å²) in [7, 11) is 2.61. The Morgan fingerprint density at radius 2 is 1.56 bits per heavy atom. The largest absolute Gasteiger partial charge is 0.388 e. The van der Waals surface area contributed by atoms with Crippen LogP contribution in [0.4, 0.5) is 0 Å². The van der Waals surface area contributed by atoms with Crippen LogP contribution >= 0.6 is 11.8 Å². The zero-order chi connectivity index (χ0) is 19.9. The van der Waals surface area contributed by atoms with Crippen molar-refractivity contribution in [2.24, 2.45) is 0 Å². The minimum atomic E-state index is -1.51. The molecule has 3 rings (SSSR count). The summed E-state index contributed by atoms with van der Waals surface area (Å²) in [5.74, 6) is -0.159. The molecule has 0 aliphatic carbocycles. The van der Waals surface area contributed by atoms with Gasteiger partial charge in [0.15, 0.2) is 12.6 Å². The molecule has 3 saturated heterocycles. The molecule has 12 heteroatoms. The van der Waals surface area contributed by atoms with E-state index in [1.165, 1.54) is 30.9 Å². The average Bonchev–Trinajstić information content (AvgIpc) is 3.15. The molecule has 3 fully saturated rings. The Bertz CT molecular complexity index is 539. The third-order valence-corrected chi connectivity index (χ3v) is 6.33. The molecule has 0 aromatic heterocycles. The van der Waals surface area contributed by atoms with Crippen molar-refractivity contribution in [3.63, 3.8) is 0 Å². The van der Waals surface area contributed by atoms with Gasteiger partial charge in [-0.2, -0.15) is 0 Å². The van der Waals surface area contributed by atoms with Crippen molar-refractivity contribution in [3.05, 3.63) is 0 Å². The summed E-state index contributed by atoms with van der Waals surface area (Å²) in [5, 5.41) is 49.6. The SMILES string of the molecule is CO[C@H]1O[C@H](CN2C(=O)CSC2[C@H]2O[C@@H](OC)[C@H](O)[C@@H]2O)[C@@H](O)[C@H](O)[C@H]1O. The Labute approximate surface area is 159 Å². The monoisotopic (exact) mass is 411 g/mol. The highest BCUT2D eigenvalue weighted by Crippen LogP contribution is 2.36. The van der Waals surface area contributed by atoms with E-state index in [1.54, 1.807) is 0 Å². The van der Waals surface area contributed by atoms with Crippen molar-refractivity contribution < 1.29 is 49.3 Å². The summed E-state index contributed by atoms with van der Waals surface area (Å²) in [5.41, 5.74) is 0. The van der Waals surface area contributed by atoms with Gasteiger partial charge in [0, 0.05) is 14.2 Å². The topological polar surface area (TPSA) is 158 Å². The fraction of sp³-hybridized carbons (Fsp3) is 0.933. The van der Waals surface area contributed by atoms with Gasteiger partial charge in [0.2, 0.25) is 5.91 Å². The zero-order valence-corrected chi connectivity index (χ0v) is 15.6. The first-order valence-corrected chi connectivity index (χ1v) is 9.53. The Kier molecular flexibility index (Phi) is 6.63. The maximum atomic E-state index is 12.4. The first kappa shape index (κ1) is 21.2. The molecule has 5 N–H and O–H groups in total. The van der Waals surface area contributed by atoms with Crippen LogP contribution in [0.15, 0.2) is 0 Å². The Hall–Kier alpha value is -0.540. The molecular formula is C15H25NO10S. The second-order valence-corrected chi connectivity index (χ2v) is 7.79. The Morgan fingerprint density at radius 3 is 2.15 bits per heavy atom. The van der Waals surface area contributed by atoms with Crippen LogP contribution in [0.3, 0.4) is 0 Å². The van der Waals surface area contributed by atoms with Crippen LogP contribution in [0, 0.1) is 0 Å². The van der Waals surface area contributed by atoms with Gasteiger partial charge >= 0.3 is 0 Å². The van der Waals surface area contributed by atoms with Crippen molar-refractivity contribution >= 4 is 17.7 Å². The van der Waals surface area contributed by atoms with Crippen molar-refractivity contribution in [2.45, 2.75) is 60.7 Å². The van der Waals surface area contributed by atoms with Crippen LogP contribution in [-0.4, -0.2) is 124 Å². The van der Waals surface area contributed by atoms with Gasteiger partial charge in [-0.3, -0.25) is 4.79 Å². The predicted octanol–water partition coefficient (Wildman–Crippen LogP) is -3.56. The minimum absolute atomic E-state index is 0.118. The maximum absolute atomic E-state index is 12.4. The van der Waals surface area contributed by atoms with Gasteiger partial charge < -0.3 is 49.4 Å². The maximum Gasteiger partial charge on any atom is 0.233 e. The number of methoxy groups -OCH3 is 2. The second-order valence-electron chi connectivity index (χ2n) is 6.68. The van der Waals surface area contributed by atoms with E-state index in [2.05, 4.69) is 0 Å².